The van der Waals surface area contributed by atoms with Gasteiger partial charge in [0.1, 0.15) is 0 Å². The molecule has 0 fully saturated rings. The molecule has 31 heavy (non-hydrogen) atoms. The lowest BCUT2D eigenvalue weighted by molar-refractivity contribution is -0.121. The summed E-state index contributed by atoms with van der Waals surface area (Å²) in [6.45, 7) is 3.88. The van der Waals surface area contributed by atoms with Crippen molar-refractivity contribution in [3.05, 3.63) is 100 Å². The van der Waals surface area contributed by atoms with Gasteiger partial charge in [-0.05, 0) is 43.2 Å². The second-order valence-electron chi connectivity index (χ2n) is 7.44. The van der Waals surface area contributed by atoms with Gasteiger partial charge in [-0.2, -0.15) is 4.31 Å². The number of nitrogens with one attached hydrogen (secondary N) is 1. The van der Waals surface area contributed by atoms with Crippen LogP contribution < -0.4 is 5.32 Å². The lowest BCUT2D eigenvalue weighted by Crippen LogP contribution is -2.40. The Kier molecular flexibility index (Phi) is 7.49. The molecule has 1 amide bonds. The van der Waals surface area contributed by atoms with E-state index in [1.54, 1.807) is 48.5 Å². The molecule has 0 radical (unpaired) electrons. The minimum Gasteiger partial charge on any atom is -0.351 e. The van der Waals surface area contributed by atoms with E-state index in [9.17, 15) is 13.2 Å². The molecule has 3 aromatic rings. The average Bonchev–Trinajstić information content (AvgIpc) is 2.74. The number of carbonyl (C=O) groups excluding carboxylic acids is 1. The molecule has 162 valence electrons. The standard InChI is InChI=1S/C24H25ClN2O3S/c1-18-7-11-20(12-8-18)15-26-24(28)17-27(16-21-5-3-4-6-23(21)25)31(29,30)22-13-9-19(2)10-14-22/h3-14H,15-17H2,1-2H3,(H,26,28). The molecule has 7 heteroatoms. The molecule has 1 N–H and O–H groups in total. The van der Waals surface area contributed by atoms with Gasteiger partial charge < -0.3 is 5.32 Å². The maximum absolute atomic E-state index is 13.3. The third kappa shape index (κ3) is 6.17. The maximum atomic E-state index is 13.3. The summed E-state index contributed by atoms with van der Waals surface area (Å²) in [5.41, 5.74) is 3.65. The Labute approximate surface area is 188 Å². The van der Waals surface area contributed by atoms with Gasteiger partial charge in [-0.3, -0.25) is 4.79 Å². The Morgan fingerprint density at radius 3 is 2.10 bits per heavy atom. The average molecular weight is 457 g/mol. The van der Waals surface area contributed by atoms with E-state index >= 15 is 0 Å². The summed E-state index contributed by atoms with van der Waals surface area (Å²) in [6, 6.07) is 21.4. The molecule has 0 bridgehead atoms. The zero-order valence-corrected chi connectivity index (χ0v) is 19.1. The third-order valence-corrected chi connectivity index (χ3v) is 7.07. The first-order chi connectivity index (χ1) is 14.8. The molecule has 3 aromatic carbocycles. The van der Waals surface area contributed by atoms with Crippen LogP contribution in [0.1, 0.15) is 22.3 Å². The minimum atomic E-state index is -3.90. The van der Waals surface area contributed by atoms with E-state index in [4.69, 9.17) is 11.6 Å². The normalized spacial score (nSPS) is 11.5. The van der Waals surface area contributed by atoms with Gasteiger partial charge in [0.05, 0.1) is 11.4 Å². The fraction of sp³-hybridized carbons (Fsp3) is 0.208. The molecule has 0 aromatic heterocycles. The van der Waals surface area contributed by atoms with Gasteiger partial charge in [0, 0.05) is 18.1 Å². The highest BCUT2D eigenvalue weighted by Crippen LogP contribution is 2.22. The molecule has 0 saturated heterocycles. The molecular weight excluding hydrogens is 432 g/mol. The monoisotopic (exact) mass is 456 g/mol. The fourth-order valence-corrected chi connectivity index (χ4v) is 4.59. The van der Waals surface area contributed by atoms with E-state index in [0.29, 0.717) is 17.1 Å². The van der Waals surface area contributed by atoms with Crippen LogP contribution in [0.25, 0.3) is 0 Å². The molecule has 0 aliphatic carbocycles. The number of carbonyl (C=O) groups is 1. The highest BCUT2D eigenvalue weighted by molar-refractivity contribution is 7.89. The van der Waals surface area contributed by atoms with Crippen LogP contribution in [0, 0.1) is 13.8 Å². The van der Waals surface area contributed by atoms with Crippen LogP contribution in [-0.2, 0) is 27.9 Å². The first-order valence-corrected chi connectivity index (χ1v) is 11.7. The zero-order chi connectivity index (χ0) is 22.4. The quantitative estimate of drug-likeness (QED) is 0.544. The number of benzene rings is 3. The summed E-state index contributed by atoms with van der Waals surface area (Å²) in [5, 5.41) is 3.25. The molecule has 0 unspecified atom stereocenters. The highest BCUT2D eigenvalue weighted by atomic mass is 35.5. The van der Waals surface area contributed by atoms with Crippen LogP contribution in [0.4, 0.5) is 0 Å². The number of nitrogens with zero attached hydrogens (tertiary/aromatic N) is 1. The summed E-state index contributed by atoms with van der Waals surface area (Å²) in [6.07, 6.45) is 0. The smallest absolute Gasteiger partial charge is 0.243 e. The molecule has 0 spiro atoms. The fourth-order valence-electron chi connectivity index (χ4n) is 3.02. The molecule has 0 heterocycles. The Bertz CT molecular complexity index is 1140. The van der Waals surface area contributed by atoms with Gasteiger partial charge in [-0.15, -0.1) is 0 Å². The Hall–Kier alpha value is -2.67. The van der Waals surface area contributed by atoms with Crippen molar-refractivity contribution in [2.45, 2.75) is 31.8 Å². The van der Waals surface area contributed by atoms with Crippen molar-refractivity contribution in [2.75, 3.05) is 6.54 Å². The molecule has 5 nitrogen and oxygen atoms in total. The number of hydrogen-bond acceptors (Lipinski definition) is 3. The van der Waals surface area contributed by atoms with Gasteiger partial charge in [0.2, 0.25) is 15.9 Å². The lowest BCUT2D eigenvalue weighted by atomic mass is 10.1. The summed E-state index contributed by atoms with van der Waals surface area (Å²) in [5.74, 6) is -0.386. The van der Waals surface area contributed by atoms with E-state index < -0.39 is 10.0 Å². The van der Waals surface area contributed by atoms with Crippen LogP contribution in [0.2, 0.25) is 5.02 Å². The predicted octanol–water partition coefficient (Wildman–Crippen LogP) is 4.46. The third-order valence-electron chi connectivity index (χ3n) is 4.89. The van der Waals surface area contributed by atoms with Crippen molar-refractivity contribution >= 4 is 27.5 Å². The van der Waals surface area contributed by atoms with Crippen LogP contribution in [0.5, 0.6) is 0 Å². The van der Waals surface area contributed by atoms with Gasteiger partial charge in [0.25, 0.3) is 0 Å². The number of amides is 1. The maximum Gasteiger partial charge on any atom is 0.243 e. The molecule has 0 saturated carbocycles. The van der Waals surface area contributed by atoms with Gasteiger partial charge in [-0.25, -0.2) is 8.42 Å². The van der Waals surface area contributed by atoms with Gasteiger partial charge in [-0.1, -0.05) is 77.3 Å². The van der Waals surface area contributed by atoms with Crippen molar-refractivity contribution in [2.24, 2.45) is 0 Å². The Balaban J connectivity index is 1.81. The first-order valence-electron chi connectivity index (χ1n) is 9.88. The summed E-state index contributed by atoms with van der Waals surface area (Å²) in [7, 11) is -3.90. The lowest BCUT2D eigenvalue weighted by Gasteiger charge is -2.22. The number of halogens is 1. The predicted molar refractivity (Wildman–Crippen MR) is 123 cm³/mol. The van der Waals surface area contributed by atoms with Crippen molar-refractivity contribution < 1.29 is 13.2 Å². The van der Waals surface area contributed by atoms with Crippen LogP contribution >= 0.6 is 11.6 Å². The van der Waals surface area contributed by atoms with E-state index in [0.717, 1.165) is 21.0 Å². The van der Waals surface area contributed by atoms with Crippen molar-refractivity contribution in [1.82, 2.24) is 9.62 Å². The molecule has 3 rings (SSSR count). The van der Waals surface area contributed by atoms with Crippen LogP contribution in [-0.4, -0.2) is 25.2 Å². The SMILES string of the molecule is Cc1ccc(CNC(=O)CN(Cc2ccccc2Cl)S(=O)(=O)c2ccc(C)cc2)cc1. The second-order valence-corrected chi connectivity index (χ2v) is 9.79. The number of aryl methyl sites for hydroxylation is 2. The summed E-state index contributed by atoms with van der Waals surface area (Å²) < 4.78 is 27.8. The summed E-state index contributed by atoms with van der Waals surface area (Å²) in [4.78, 5) is 12.8. The summed E-state index contributed by atoms with van der Waals surface area (Å²) >= 11 is 6.25. The number of hydrogen-bond donors (Lipinski definition) is 1. The van der Waals surface area contributed by atoms with Crippen LogP contribution in [0.3, 0.4) is 0 Å². The van der Waals surface area contributed by atoms with Crippen molar-refractivity contribution in [3.8, 4) is 0 Å². The van der Waals surface area contributed by atoms with Crippen molar-refractivity contribution in [3.63, 3.8) is 0 Å². The van der Waals surface area contributed by atoms with E-state index in [1.807, 2.05) is 38.1 Å². The van der Waals surface area contributed by atoms with Crippen molar-refractivity contribution in [1.29, 1.82) is 0 Å². The zero-order valence-electron chi connectivity index (χ0n) is 17.5. The second kappa shape index (κ2) is 10.1. The molecule has 0 atom stereocenters. The van der Waals surface area contributed by atoms with Crippen LogP contribution in [0.15, 0.2) is 77.7 Å². The number of rotatable bonds is 8. The van der Waals surface area contributed by atoms with E-state index in [1.165, 1.54) is 0 Å². The molecular formula is C24H25ClN2O3S. The Morgan fingerprint density at radius 2 is 1.48 bits per heavy atom. The number of sulfonamides is 1. The first kappa shape index (κ1) is 23.0. The van der Waals surface area contributed by atoms with Gasteiger partial charge >= 0.3 is 0 Å². The van der Waals surface area contributed by atoms with E-state index in [2.05, 4.69) is 5.32 Å². The largest absolute Gasteiger partial charge is 0.351 e. The Morgan fingerprint density at radius 1 is 0.903 bits per heavy atom. The van der Waals surface area contributed by atoms with Gasteiger partial charge in [0.15, 0.2) is 0 Å². The van der Waals surface area contributed by atoms with E-state index in [-0.39, 0.29) is 23.9 Å². The minimum absolute atomic E-state index is 0.00612. The highest BCUT2D eigenvalue weighted by Gasteiger charge is 2.27. The molecule has 0 aliphatic rings. The topological polar surface area (TPSA) is 66.5 Å². The molecule has 0 aliphatic heterocycles.